The third kappa shape index (κ3) is 2.66. The Hall–Kier alpha value is -2.02. The number of carbonyl (C=O) groups excluding carboxylic acids is 1. The van der Waals surface area contributed by atoms with Gasteiger partial charge in [0.05, 0.1) is 6.54 Å². The van der Waals surface area contributed by atoms with E-state index in [4.69, 9.17) is 4.42 Å². The highest BCUT2D eigenvalue weighted by Gasteiger charge is 2.36. The van der Waals surface area contributed by atoms with E-state index < -0.39 is 0 Å². The SMILES string of the molecule is C[C@H]1C[C@@H]1c1ccc(CN(C)C(=O)c2cnc3n(c2=O)CCS3)o1. The summed E-state index contributed by atoms with van der Waals surface area (Å²) in [6.07, 6.45) is 2.56. The molecule has 2 aromatic heterocycles. The van der Waals surface area contributed by atoms with E-state index in [1.165, 1.54) is 22.9 Å². The molecule has 0 saturated heterocycles. The average molecular weight is 345 g/mol. The number of aromatic nitrogens is 2. The Kier molecular flexibility index (Phi) is 3.75. The molecule has 0 spiro atoms. The minimum Gasteiger partial charge on any atom is -0.464 e. The van der Waals surface area contributed by atoms with Crippen LogP contribution in [0.4, 0.5) is 0 Å². The van der Waals surface area contributed by atoms with Gasteiger partial charge in [-0.3, -0.25) is 14.2 Å². The van der Waals surface area contributed by atoms with E-state index in [2.05, 4.69) is 11.9 Å². The second-order valence-electron chi connectivity index (χ2n) is 6.54. The Labute approximate surface area is 143 Å². The molecule has 0 unspecified atom stereocenters. The fourth-order valence-electron chi connectivity index (χ4n) is 3.07. The first-order valence-electron chi connectivity index (χ1n) is 8.11. The van der Waals surface area contributed by atoms with Crippen molar-refractivity contribution in [3.05, 3.63) is 45.8 Å². The molecule has 0 radical (unpaired) electrons. The Bertz CT molecular complexity index is 857. The molecule has 126 valence electrons. The summed E-state index contributed by atoms with van der Waals surface area (Å²) < 4.78 is 7.42. The van der Waals surface area contributed by atoms with Gasteiger partial charge in [-0.25, -0.2) is 4.98 Å². The summed E-state index contributed by atoms with van der Waals surface area (Å²) in [4.78, 5) is 30.8. The molecule has 1 amide bonds. The number of thioether (sulfide) groups is 1. The topological polar surface area (TPSA) is 68.3 Å². The molecule has 7 heteroatoms. The first-order chi connectivity index (χ1) is 11.5. The van der Waals surface area contributed by atoms with Crippen LogP contribution in [0.2, 0.25) is 0 Å². The quantitative estimate of drug-likeness (QED) is 0.796. The summed E-state index contributed by atoms with van der Waals surface area (Å²) in [7, 11) is 1.68. The van der Waals surface area contributed by atoms with Gasteiger partial charge in [0.2, 0.25) is 0 Å². The standard InChI is InChI=1S/C17H19N3O3S/c1-10-7-12(10)14-4-3-11(23-14)9-19(2)15(21)13-8-18-17-20(16(13)22)5-6-24-17/h3-4,8,10,12H,5-7,9H2,1-2H3/t10-,12-/m0/s1. The van der Waals surface area contributed by atoms with E-state index in [9.17, 15) is 9.59 Å². The van der Waals surface area contributed by atoms with Gasteiger partial charge in [-0.1, -0.05) is 18.7 Å². The average Bonchev–Trinajstić information content (AvgIpc) is 2.97. The number of hydrogen-bond donors (Lipinski definition) is 0. The van der Waals surface area contributed by atoms with Crippen molar-refractivity contribution in [3.8, 4) is 0 Å². The smallest absolute Gasteiger partial charge is 0.267 e. The normalized spacial score (nSPS) is 21.6. The number of carbonyl (C=O) groups is 1. The molecule has 3 heterocycles. The van der Waals surface area contributed by atoms with Crippen molar-refractivity contribution in [2.75, 3.05) is 12.8 Å². The largest absolute Gasteiger partial charge is 0.464 e. The predicted molar refractivity (Wildman–Crippen MR) is 90.2 cm³/mol. The lowest BCUT2D eigenvalue weighted by Gasteiger charge is -2.15. The van der Waals surface area contributed by atoms with Gasteiger partial charge in [-0.05, 0) is 24.5 Å². The molecule has 0 aromatic carbocycles. The van der Waals surface area contributed by atoms with Crippen LogP contribution in [0.15, 0.2) is 32.7 Å². The molecule has 0 bridgehead atoms. The zero-order valence-corrected chi connectivity index (χ0v) is 14.5. The lowest BCUT2D eigenvalue weighted by atomic mass is 10.2. The van der Waals surface area contributed by atoms with Crippen LogP contribution in [-0.2, 0) is 13.1 Å². The second kappa shape index (κ2) is 5.81. The fraction of sp³-hybridized carbons (Fsp3) is 0.471. The number of furan rings is 1. The van der Waals surface area contributed by atoms with Gasteiger partial charge in [0, 0.05) is 31.5 Å². The zero-order valence-electron chi connectivity index (χ0n) is 13.7. The molecule has 1 saturated carbocycles. The highest BCUT2D eigenvalue weighted by atomic mass is 32.2. The van der Waals surface area contributed by atoms with Crippen LogP contribution in [0.25, 0.3) is 0 Å². The Morgan fingerprint density at radius 3 is 3.04 bits per heavy atom. The van der Waals surface area contributed by atoms with Crippen molar-refractivity contribution >= 4 is 17.7 Å². The van der Waals surface area contributed by atoms with E-state index in [-0.39, 0.29) is 17.0 Å². The van der Waals surface area contributed by atoms with Gasteiger partial charge in [0.15, 0.2) is 5.16 Å². The molecule has 6 nitrogen and oxygen atoms in total. The lowest BCUT2D eigenvalue weighted by Crippen LogP contribution is -2.34. The highest BCUT2D eigenvalue weighted by molar-refractivity contribution is 7.99. The van der Waals surface area contributed by atoms with E-state index >= 15 is 0 Å². The summed E-state index contributed by atoms with van der Waals surface area (Å²) in [5.41, 5.74) is -0.139. The maximum absolute atomic E-state index is 12.6. The highest BCUT2D eigenvalue weighted by Crippen LogP contribution is 2.47. The van der Waals surface area contributed by atoms with E-state index in [0.29, 0.717) is 30.1 Å². The van der Waals surface area contributed by atoms with Crippen LogP contribution in [0.1, 0.15) is 41.1 Å². The second-order valence-corrected chi connectivity index (χ2v) is 7.61. The van der Waals surface area contributed by atoms with Crippen LogP contribution >= 0.6 is 11.8 Å². The van der Waals surface area contributed by atoms with Gasteiger partial charge in [-0.15, -0.1) is 0 Å². The lowest BCUT2D eigenvalue weighted by molar-refractivity contribution is 0.0771. The van der Waals surface area contributed by atoms with Crippen molar-refractivity contribution in [1.29, 1.82) is 0 Å². The summed E-state index contributed by atoms with van der Waals surface area (Å²) in [5.74, 6) is 3.43. The van der Waals surface area contributed by atoms with Crippen molar-refractivity contribution in [2.24, 2.45) is 5.92 Å². The maximum atomic E-state index is 12.6. The number of rotatable bonds is 4. The minimum absolute atomic E-state index is 0.117. The predicted octanol–water partition coefficient (Wildman–Crippen LogP) is 2.34. The molecule has 4 rings (SSSR count). The number of amides is 1. The summed E-state index contributed by atoms with van der Waals surface area (Å²) in [5, 5.41) is 0.688. The molecule has 24 heavy (non-hydrogen) atoms. The molecule has 2 aromatic rings. The molecule has 2 aliphatic rings. The molecule has 2 atom stereocenters. The third-order valence-corrected chi connectivity index (χ3v) is 5.65. The zero-order chi connectivity index (χ0) is 16.8. The molecular weight excluding hydrogens is 326 g/mol. The van der Waals surface area contributed by atoms with E-state index in [1.807, 2.05) is 12.1 Å². The molecule has 0 N–H and O–H groups in total. The van der Waals surface area contributed by atoms with Crippen LogP contribution in [0.5, 0.6) is 0 Å². The van der Waals surface area contributed by atoms with Crippen molar-refractivity contribution in [3.63, 3.8) is 0 Å². The van der Waals surface area contributed by atoms with Gasteiger partial charge >= 0.3 is 0 Å². The van der Waals surface area contributed by atoms with Gasteiger partial charge < -0.3 is 9.32 Å². The fourth-order valence-corrected chi connectivity index (χ4v) is 3.99. The van der Waals surface area contributed by atoms with Crippen molar-refractivity contribution in [1.82, 2.24) is 14.5 Å². The summed E-state index contributed by atoms with van der Waals surface area (Å²) in [6.45, 7) is 3.16. The summed E-state index contributed by atoms with van der Waals surface area (Å²) >= 11 is 1.54. The van der Waals surface area contributed by atoms with Crippen LogP contribution in [0, 0.1) is 5.92 Å². The van der Waals surface area contributed by atoms with E-state index in [0.717, 1.165) is 23.7 Å². The van der Waals surface area contributed by atoms with Crippen molar-refractivity contribution in [2.45, 2.75) is 37.5 Å². The summed E-state index contributed by atoms with van der Waals surface area (Å²) in [6, 6.07) is 3.90. The van der Waals surface area contributed by atoms with E-state index in [1.54, 1.807) is 11.6 Å². The maximum Gasteiger partial charge on any atom is 0.267 e. The number of fused-ring (bicyclic) bond motifs is 1. The molecule has 1 aliphatic heterocycles. The number of hydrogen-bond acceptors (Lipinski definition) is 5. The van der Waals surface area contributed by atoms with Gasteiger partial charge in [-0.2, -0.15) is 0 Å². The monoisotopic (exact) mass is 345 g/mol. The molecule has 1 aliphatic carbocycles. The van der Waals surface area contributed by atoms with Crippen LogP contribution < -0.4 is 5.56 Å². The Morgan fingerprint density at radius 1 is 1.50 bits per heavy atom. The van der Waals surface area contributed by atoms with Gasteiger partial charge in [0.25, 0.3) is 11.5 Å². The van der Waals surface area contributed by atoms with Crippen molar-refractivity contribution < 1.29 is 9.21 Å². The third-order valence-electron chi connectivity index (χ3n) is 4.68. The Balaban J connectivity index is 1.50. The molecule has 1 fully saturated rings. The van der Waals surface area contributed by atoms with Crippen LogP contribution in [-0.4, -0.2) is 33.2 Å². The minimum atomic E-state index is -0.322. The first kappa shape index (κ1) is 15.5. The Morgan fingerprint density at radius 2 is 2.29 bits per heavy atom. The van der Waals surface area contributed by atoms with Gasteiger partial charge in [0.1, 0.15) is 17.1 Å². The first-order valence-corrected chi connectivity index (χ1v) is 9.10. The molecular formula is C17H19N3O3S. The van der Waals surface area contributed by atoms with Crippen LogP contribution in [0.3, 0.4) is 0 Å². The number of nitrogens with zero attached hydrogens (tertiary/aromatic N) is 3.